The minimum Gasteiger partial charge on any atom is -0.462 e. The molecule has 0 bridgehead atoms. The normalized spacial score (nSPS) is 13.6. The summed E-state index contributed by atoms with van der Waals surface area (Å²) in [5, 5.41) is 0. The number of rotatable bonds is 6. The number of nitrogen functional groups attached to an aromatic ring is 1. The van der Waals surface area contributed by atoms with Crippen LogP contribution >= 0.6 is 0 Å². The Morgan fingerprint density at radius 1 is 1.16 bits per heavy atom. The number of ether oxygens (including phenoxy) is 3. The SMILES string of the molecule is CCC(C)COC(=O)c1c(N)n(Cc2ccc3c(c2)OCO3)c2nc3ccccc3nc12. The second-order valence-electron chi connectivity index (χ2n) is 8.03. The Hall–Kier alpha value is -3.81. The van der Waals surface area contributed by atoms with Crippen LogP contribution < -0.4 is 15.2 Å². The Kier molecular flexibility index (Phi) is 5.05. The van der Waals surface area contributed by atoms with Gasteiger partial charge in [0.1, 0.15) is 16.9 Å². The number of nitrogens with zero attached hydrogens (tertiary/aromatic N) is 3. The summed E-state index contributed by atoms with van der Waals surface area (Å²) >= 11 is 0. The van der Waals surface area contributed by atoms with Gasteiger partial charge in [-0.3, -0.25) is 0 Å². The van der Waals surface area contributed by atoms with Crippen molar-refractivity contribution < 1.29 is 19.0 Å². The van der Waals surface area contributed by atoms with Crippen molar-refractivity contribution in [3.05, 3.63) is 53.6 Å². The third kappa shape index (κ3) is 3.47. The molecule has 1 atom stereocenters. The fraction of sp³-hybridized carbons (Fsp3) is 0.292. The summed E-state index contributed by atoms with van der Waals surface area (Å²) in [5.74, 6) is 1.44. The maximum Gasteiger partial charge on any atom is 0.344 e. The molecule has 8 nitrogen and oxygen atoms in total. The maximum atomic E-state index is 13.0. The molecule has 0 radical (unpaired) electrons. The third-order valence-corrected chi connectivity index (χ3v) is 5.77. The van der Waals surface area contributed by atoms with Crippen LogP contribution in [0, 0.1) is 5.92 Å². The lowest BCUT2D eigenvalue weighted by molar-refractivity contribution is 0.0450. The first-order valence-corrected chi connectivity index (χ1v) is 10.6. The number of anilines is 1. The van der Waals surface area contributed by atoms with E-state index in [0.717, 1.165) is 17.5 Å². The number of benzene rings is 2. The Labute approximate surface area is 184 Å². The van der Waals surface area contributed by atoms with Crippen LogP contribution in [0.3, 0.4) is 0 Å². The summed E-state index contributed by atoms with van der Waals surface area (Å²) in [6.45, 7) is 5.01. The minimum atomic E-state index is -0.484. The lowest BCUT2D eigenvalue weighted by Gasteiger charge is -2.10. The van der Waals surface area contributed by atoms with E-state index in [0.29, 0.717) is 41.3 Å². The summed E-state index contributed by atoms with van der Waals surface area (Å²) in [7, 11) is 0. The summed E-state index contributed by atoms with van der Waals surface area (Å²) in [5.41, 5.74) is 10.1. The molecule has 0 aliphatic carbocycles. The zero-order chi connectivity index (χ0) is 22.2. The Morgan fingerprint density at radius 3 is 2.69 bits per heavy atom. The van der Waals surface area contributed by atoms with Gasteiger partial charge < -0.3 is 24.5 Å². The van der Waals surface area contributed by atoms with Crippen LogP contribution in [0.5, 0.6) is 11.5 Å². The summed E-state index contributed by atoms with van der Waals surface area (Å²) in [6, 6.07) is 13.2. The number of aromatic nitrogens is 3. The van der Waals surface area contributed by atoms with Gasteiger partial charge in [-0.25, -0.2) is 14.8 Å². The topological polar surface area (TPSA) is 101 Å². The number of fused-ring (bicyclic) bond motifs is 3. The van der Waals surface area contributed by atoms with E-state index >= 15 is 0 Å². The van der Waals surface area contributed by atoms with E-state index in [-0.39, 0.29) is 24.1 Å². The molecule has 2 aromatic carbocycles. The van der Waals surface area contributed by atoms with Gasteiger partial charge in [0, 0.05) is 0 Å². The monoisotopic (exact) mass is 432 g/mol. The molecule has 5 rings (SSSR count). The number of carbonyl (C=O) groups is 1. The predicted octanol–water partition coefficient (Wildman–Crippen LogP) is 4.15. The molecule has 1 unspecified atom stereocenters. The molecule has 0 saturated carbocycles. The van der Waals surface area contributed by atoms with Gasteiger partial charge in [-0.05, 0) is 35.7 Å². The fourth-order valence-electron chi connectivity index (χ4n) is 3.71. The average Bonchev–Trinajstić information content (AvgIpc) is 3.38. The molecule has 8 heteroatoms. The van der Waals surface area contributed by atoms with Gasteiger partial charge in [0.15, 0.2) is 17.1 Å². The van der Waals surface area contributed by atoms with Gasteiger partial charge in [-0.1, -0.05) is 38.5 Å². The molecule has 1 aliphatic heterocycles. The zero-order valence-corrected chi connectivity index (χ0v) is 18.0. The highest BCUT2D eigenvalue weighted by Gasteiger charge is 2.26. The van der Waals surface area contributed by atoms with E-state index in [1.807, 2.05) is 49.4 Å². The van der Waals surface area contributed by atoms with E-state index in [4.69, 9.17) is 29.9 Å². The molecule has 2 N–H and O–H groups in total. The second kappa shape index (κ2) is 8.03. The highest BCUT2D eigenvalue weighted by molar-refractivity contribution is 6.08. The van der Waals surface area contributed by atoms with E-state index in [9.17, 15) is 4.79 Å². The molecule has 4 aromatic rings. The smallest absolute Gasteiger partial charge is 0.344 e. The summed E-state index contributed by atoms with van der Waals surface area (Å²) in [4.78, 5) is 22.5. The quantitative estimate of drug-likeness (QED) is 0.457. The van der Waals surface area contributed by atoms with E-state index in [2.05, 4.69) is 6.92 Å². The lowest BCUT2D eigenvalue weighted by Crippen LogP contribution is -2.14. The number of nitrogens with two attached hydrogens (primary N) is 1. The van der Waals surface area contributed by atoms with Crippen LogP contribution in [0.25, 0.3) is 22.2 Å². The van der Waals surface area contributed by atoms with E-state index < -0.39 is 5.97 Å². The number of hydrogen-bond acceptors (Lipinski definition) is 7. The largest absolute Gasteiger partial charge is 0.462 e. The number of carbonyl (C=O) groups excluding carboxylic acids is 1. The Morgan fingerprint density at radius 2 is 1.91 bits per heavy atom. The van der Waals surface area contributed by atoms with Crippen molar-refractivity contribution in [3.63, 3.8) is 0 Å². The van der Waals surface area contributed by atoms with E-state index in [1.165, 1.54) is 0 Å². The fourth-order valence-corrected chi connectivity index (χ4v) is 3.71. The molecular formula is C24H24N4O4. The highest BCUT2D eigenvalue weighted by Crippen LogP contribution is 2.34. The second-order valence-corrected chi connectivity index (χ2v) is 8.03. The van der Waals surface area contributed by atoms with Crippen molar-refractivity contribution in [2.24, 2.45) is 5.92 Å². The maximum absolute atomic E-state index is 13.0. The Bertz CT molecular complexity index is 1330. The van der Waals surface area contributed by atoms with Crippen LogP contribution in [0.2, 0.25) is 0 Å². The first-order valence-electron chi connectivity index (χ1n) is 10.6. The third-order valence-electron chi connectivity index (χ3n) is 5.77. The highest BCUT2D eigenvalue weighted by atomic mass is 16.7. The molecule has 164 valence electrons. The van der Waals surface area contributed by atoms with Crippen molar-refractivity contribution in [1.29, 1.82) is 0 Å². The molecule has 1 aliphatic rings. The molecule has 2 aromatic heterocycles. The van der Waals surface area contributed by atoms with Gasteiger partial charge >= 0.3 is 5.97 Å². The molecule has 32 heavy (non-hydrogen) atoms. The van der Waals surface area contributed by atoms with Gasteiger partial charge in [0.2, 0.25) is 6.79 Å². The molecule has 3 heterocycles. The van der Waals surface area contributed by atoms with Crippen LogP contribution in [0.4, 0.5) is 5.82 Å². The number of esters is 1. The molecule has 0 amide bonds. The van der Waals surface area contributed by atoms with Gasteiger partial charge in [0.25, 0.3) is 0 Å². The first-order chi connectivity index (χ1) is 15.5. The van der Waals surface area contributed by atoms with Crippen molar-refractivity contribution in [3.8, 4) is 11.5 Å². The van der Waals surface area contributed by atoms with Gasteiger partial charge in [-0.15, -0.1) is 0 Å². The van der Waals surface area contributed by atoms with Crippen molar-refractivity contribution in [2.45, 2.75) is 26.8 Å². The predicted molar refractivity (Wildman–Crippen MR) is 121 cm³/mol. The summed E-state index contributed by atoms with van der Waals surface area (Å²) in [6.07, 6.45) is 0.916. The molecular weight excluding hydrogens is 408 g/mol. The molecule has 0 saturated heterocycles. The van der Waals surface area contributed by atoms with Crippen molar-refractivity contribution >= 4 is 34.0 Å². The lowest BCUT2D eigenvalue weighted by atomic mass is 10.1. The summed E-state index contributed by atoms with van der Waals surface area (Å²) < 4.78 is 18.3. The number of para-hydroxylation sites is 2. The van der Waals surface area contributed by atoms with Crippen LogP contribution in [-0.4, -0.2) is 33.9 Å². The molecule has 0 fully saturated rings. The Balaban J connectivity index is 1.62. The average molecular weight is 432 g/mol. The van der Waals surface area contributed by atoms with Crippen molar-refractivity contribution in [2.75, 3.05) is 19.1 Å². The molecule has 0 spiro atoms. The first kappa shape index (κ1) is 20.1. The standard InChI is InChI=1S/C24H24N4O4/c1-3-14(2)12-30-24(29)20-21-23(27-17-7-5-4-6-16(17)26-21)28(22(20)25)11-15-8-9-18-19(10-15)32-13-31-18/h4-10,14H,3,11-13,25H2,1-2H3. The minimum absolute atomic E-state index is 0.205. The van der Waals surface area contributed by atoms with E-state index in [1.54, 1.807) is 4.57 Å². The van der Waals surface area contributed by atoms with Gasteiger partial charge in [0.05, 0.1) is 24.2 Å². The number of hydrogen-bond donors (Lipinski definition) is 1. The van der Waals surface area contributed by atoms with Crippen LogP contribution in [0.15, 0.2) is 42.5 Å². The van der Waals surface area contributed by atoms with Crippen molar-refractivity contribution in [1.82, 2.24) is 14.5 Å². The van der Waals surface area contributed by atoms with Crippen LogP contribution in [0.1, 0.15) is 36.2 Å². The van der Waals surface area contributed by atoms with Gasteiger partial charge in [-0.2, -0.15) is 0 Å². The zero-order valence-electron chi connectivity index (χ0n) is 18.0. The van der Waals surface area contributed by atoms with Crippen LogP contribution in [-0.2, 0) is 11.3 Å².